The molecule has 1 aliphatic rings. The van der Waals surface area contributed by atoms with Crippen molar-refractivity contribution in [3.8, 4) is 0 Å². The maximum absolute atomic E-state index is 12.9. The predicted molar refractivity (Wildman–Crippen MR) is 89.0 cm³/mol. The van der Waals surface area contributed by atoms with Crippen LogP contribution in [0, 0.1) is 0 Å². The standard InChI is InChI=1S/C16H21F3N2O4S/c1-25-15(22)21-8-4-7-13(20-26(2,23)24)14(21)10-11-5-3-6-12(9-11)16(17,18)19/h3,5-6,9,13-14,20H,4,7-8,10H2,1-2H3. The van der Waals surface area contributed by atoms with Crippen molar-refractivity contribution in [3.63, 3.8) is 0 Å². The molecule has 26 heavy (non-hydrogen) atoms. The fourth-order valence-electron chi connectivity index (χ4n) is 3.18. The Kier molecular flexibility index (Phi) is 6.17. The third kappa shape index (κ3) is 5.34. The van der Waals surface area contributed by atoms with Crippen molar-refractivity contribution in [1.82, 2.24) is 9.62 Å². The summed E-state index contributed by atoms with van der Waals surface area (Å²) in [5, 5.41) is 0. The number of piperidine rings is 1. The van der Waals surface area contributed by atoms with Crippen LogP contribution in [0.1, 0.15) is 24.0 Å². The van der Waals surface area contributed by atoms with Crippen LogP contribution in [0.3, 0.4) is 0 Å². The van der Waals surface area contributed by atoms with Crippen LogP contribution in [-0.2, 0) is 27.4 Å². The Morgan fingerprint density at radius 3 is 2.65 bits per heavy atom. The average Bonchev–Trinajstić information content (AvgIpc) is 2.54. The first-order chi connectivity index (χ1) is 12.0. The Labute approximate surface area is 150 Å². The van der Waals surface area contributed by atoms with Gasteiger partial charge in [-0.05, 0) is 30.9 Å². The van der Waals surface area contributed by atoms with Crippen molar-refractivity contribution < 1.29 is 31.1 Å². The highest BCUT2D eigenvalue weighted by molar-refractivity contribution is 7.88. The van der Waals surface area contributed by atoms with E-state index in [1.165, 1.54) is 24.1 Å². The number of halogens is 3. The minimum absolute atomic E-state index is 0.0756. The number of amides is 1. The largest absolute Gasteiger partial charge is 0.453 e. The number of ether oxygens (including phenoxy) is 1. The number of nitrogens with zero attached hydrogens (tertiary/aromatic N) is 1. The van der Waals surface area contributed by atoms with Crippen molar-refractivity contribution in [3.05, 3.63) is 35.4 Å². The van der Waals surface area contributed by atoms with Gasteiger partial charge >= 0.3 is 12.3 Å². The molecule has 0 spiro atoms. The van der Waals surface area contributed by atoms with E-state index in [-0.39, 0.29) is 6.42 Å². The topological polar surface area (TPSA) is 75.7 Å². The lowest BCUT2D eigenvalue weighted by Crippen LogP contribution is -2.57. The van der Waals surface area contributed by atoms with Crippen LogP contribution in [0.4, 0.5) is 18.0 Å². The fourth-order valence-corrected chi connectivity index (χ4v) is 4.01. The van der Waals surface area contributed by atoms with Gasteiger partial charge in [-0.1, -0.05) is 18.2 Å². The van der Waals surface area contributed by atoms with Crippen molar-refractivity contribution in [1.29, 1.82) is 0 Å². The quantitative estimate of drug-likeness (QED) is 0.851. The first-order valence-corrected chi connectivity index (χ1v) is 9.88. The summed E-state index contributed by atoms with van der Waals surface area (Å²) in [5.41, 5.74) is -0.427. The lowest BCUT2D eigenvalue weighted by atomic mass is 9.91. The number of sulfonamides is 1. The summed E-state index contributed by atoms with van der Waals surface area (Å²) in [5.74, 6) is 0. The van der Waals surface area contributed by atoms with Gasteiger partial charge in [0.1, 0.15) is 0 Å². The molecule has 0 saturated carbocycles. The Hall–Kier alpha value is -1.81. The molecule has 1 N–H and O–H groups in total. The molecule has 0 aromatic heterocycles. The van der Waals surface area contributed by atoms with Crippen LogP contribution >= 0.6 is 0 Å². The van der Waals surface area contributed by atoms with E-state index in [4.69, 9.17) is 4.74 Å². The van der Waals surface area contributed by atoms with E-state index in [1.807, 2.05) is 0 Å². The monoisotopic (exact) mass is 394 g/mol. The predicted octanol–water partition coefficient (Wildman–Crippen LogP) is 2.40. The average molecular weight is 394 g/mol. The molecule has 0 aliphatic carbocycles. The molecule has 1 amide bonds. The zero-order valence-corrected chi connectivity index (χ0v) is 15.2. The van der Waals surface area contributed by atoms with Crippen molar-refractivity contribution in [2.75, 3.05) is 19.9 Å². The number of benzene rings is 1. The number of hydrogen-bond donors (Lipinski definition) is 1. The third-order valence-corrected chi connectivity index (χ3v) is 4.98. The van der Waals surface area contributed by atoms with Gasteiger partial charge in [0.2, 0.25) is 10.0 Å². The molecule has 1 aliphatic heterocycles. The zero-order chi connectivity index (χ0) is 19.5. The fraction of sp³-hybridized carbons (Fsp3) is 0.562. The minimum Gasteiger partial charge on any atom is -0.453 e. The van der Waals surface area contributed by atoms with E-state index in [0.29, 0.717) is 24.9 Å². The second-order valence-electron chi connectivity index (χ2n) is 6.27. The Morgan fingerprint density at radius 2 is 2.08 bits per heavy atom. The molecule has 10 heteroatoms. The maximum Gasteiger partial charge on any atom is 0.416 e. The molecule has 1 heterocycles. The normalized spacial score (nSPS) is 21.5. The lowest BCUT2D eigenvalue weighted by molar-refractivity contribution is -0.137. The number of carbonyl (C=O) groups is 1. The number of rotatable bonds is 4. The van der Waals surface area contributed by atoms with Gasteiger partial charge in [0.15, 0.2) is 0 Å². The van der Waals surface area contributed by atoms with Gasteiger partial charge in [0, 0.05) is 12.6 Å². The SMILES string of the molecule is COC(=O)N1CCCC(NS(C)(=O)=O)C1Cc1cccc(C(F)(F)F)c1. The Balaban J connectivity index is 2.33. The van der Waals surface area contributed by atoms with Crippen LogP contribution < -0.4 is 4.72 Å². The van der Waals surface area contributed by atoms with Gasteiger partial charge in [-0.15, -0.1) is 0 Å². The number of nitrogens with one attached hydrogen (secondary N) is 1. The van der Waals surface area contributed by atoms with Crippen LogP contribution in [0.2, 0.25) is 0 Å². The van der Waals surface area contributed by atoms with E-state index in [9.17, 15) is 26.4 Å². The van der Waals surface area contributed by atoms with Crippen molar-refractivity contribution in [2.24, 2.45) is 0 Å². The highest BCUT2D eigenvalue weighted by Crippen LogP contribution is 2.30. The molecule has 2 atom stereocenters. The van der Waals surface area contributed by atoms with Gasteiger partial charge < -0.3 is 9.64 Å². The number of alkyl halides is 3. The van der Waals surface area contributed by atoms with Gasteiger partial charge in [-0.2, -0.15) is 13.2 Å². The van der Waals surface area contributed by atoms with E-state index in [2.05, 4.69) is 4.72 Å². The Bertz CT molecular complexity index is 752. The second kappa shape index (κ2) is 7.83. The second-order valence-corrected chi connectivity index (χ2v) is 8.05. The van der Waals surface area contributed by atoms with Crippen molar-refractivity contribution >= 4 is 16.1 Å². The van der Waals surface area contributed by atoms with E-state index < -0.39 is 39.9 Å². The summed E-state index contributed by atoms with van der Waals surface area (Å²) in [6.45, 7) is 0.345. The molecule has 1 saturated heterocycles. The van der Waals surface area contributed by atoms with E-state index in [0.717, 1.165) is 18.4 Å². The number of likely N-dealkylation sites (tertiary alicyclic amines) is 1. The summed E-state index contributed by atoms with van der Waals surface area (Å²) in [6, 6.07) is 3.55. The van der Waals surface area contributed by atoms with Gasteiger partial charge in [0.05, 0.1) is 25.0 Å². The van der Waals surface area contributed by atoms with Gasteiger partial charge in [-0.25, -0.2) is 17.9 Å². The van der Waals surface area contributed by atoms with Crippen molar-refractivity contribution in [2.45, 2.75) is 37.5 Å². The summed E-state index contributed by atoms with van der Waals surface area (Å²) in [4.78, 5) is 13.4. The summed E-state index contributed by atoms with van der Waals surface area (Å²) < 4.78 is 69.3. The molecular formula is C16H21F3N2O4S. The number of carbonyl (C=O) groups excluding carboxylic acids is 1. The maximum atomic E-state index is 12.9. The zero-order valence-electron chi connectivity index (χ0n) is 14.4. The number of methoxy groups -OCH3 is 1. The van der Waals surface area contributed by atoms with Gasteiger partial charge in [-0.3, -0.25) is 0 Å². The summed E-state index contributed by atoms with van der Waals surface area (Å²) in [6.07, 6.45) is -3.00. The third-order valence-electron chi connectivity index (χ3n) is 4.25. The highest BCUT2D eigenvalue weighted by Gasteiger charge is 2.37. The molecule has 2 unspecified atom stereocenters. The van der Waals surface area contributed by atoms with Gasteiger partial charge in [0.25, 0.3) is 0 Å². The smallest absolute Gasteiger partial charge is 0.416 e. The summed E-state index contributed by atoms with van der Waals surface area (Å²) >= 11 is 0. The minimum atomic E-state index is -4.48. The summed E-state index contributed by atoms with van der Waals surface area (Å²) in [7, 11) is -2.34. The molecule has 2 rings (SSSR count). The van der Waals surface area contributed by atoms with E-state index in [1.54, 1.807) is 0 Å². The van der Waals surface area contributed by atoms with Crippen LogP contribution in [0.5, 0.6) is 0 Å². The molecule has 0 radical (unpaired) electrons. The molecule has 1 fully saturated rings. The van der Waals surface area contributed by atoms with Crippen LogP contribution in [-0.4, -0.2) is 51.4 Å². The molecule has 0 bridgehead atoms. The first-order valence-electron chi connectivity index (χ1n) is 7.99. The lowest BCUT2D eigenvalue weighted by Gasteiger charge is -2.40. The molecule has 146 valence electrons. The molecule has 1 aromatic rings. The highest BCUT2D eigenvalue weighted by atomic mass is 32.2. The first kappa shape index (κ1) is 20.5. The van der Waals surface area contributed by atoms with Crippen LogP contribution in [0.15, 0.2) is 24.3 Å². The molecule has 1 aromatic carbocycles. The van der Waals surface area contributed by atoms with E-state index >= 15 is 0 Å². The molecular weight excluding hydrogens is 373 g/mol. The Morgan fingerprint density at radius 1 is 1.38 bits per heavy atom. The molecule has 6 nitrogen and oxygen atoms in total. The van der Waals surface area contributed by atoms with Crippen LogP contribution in [0.25, 0.3) is 0 Å². The number of hydrogen-bond acceptors (Lipinski definition) is 4.